The van der Waals surface area contributed by atoms with E-state index in [1.54, 1.807) is 26.4 Å². The second kappa shape index (κ2) is 9.18. The summed E-state index contributed by atoms with van der Waals surface area (Å²) in [6, 6.07) is 13.8. The van der Waals surface area contributed by atoms with Gasteiger partial charge in [0.25, 0.3) is 0 Å². The Bertz CT molecular complexity index is 1100. The van der Waals surface area contributed by atoms with Crippen LogP contribution < -0.4 is 25.6 Å². The number of hydrazine groups is 1. The van der Waals surface area contributed by atoms with E-state index in [1.165, 1.54) is 11.1 Å². The van der Waals surface area contributed by atoms with Gasteiger partial charge in [0, 0.05) is 30.1 Å². The van der Waals surface area contributed by atoms with E-state index in [0.717, 1.165) is 29.8 Å². The molecule has 3 aromatic rings. The molecule has 1 saturated heterocycles. The highest BCUT2D eigenvalue weighted by atomic mass is 35.5. The number of rotatable bonds is 7. The van der Waals surface area contributed by atoms with Gasteiger partial charge in [-0.15, -0.1) is 0 Å². The van der Waals surface area contributed by atoms with Crippen molar-refractivity contribution in [3.63, 3.8) is 0 Å². The third-order valence-electron chi connectivity index (χ3n) is 5.64. The van der Waals surface area contributed by atoms with Crippen LogP contribution in [0.3, 0.4) is 0 Å². The van der Waals surface area contributed by atoms with Gasteiger partial charge in [0.05, 0.1) is 43.4 Å². The average Bonchev–Trinajstić information content (AvgIpc) is 3.37. The normalized spacial score (nSPS) is 18.3. The molecule has 2 atom stereocenters. The standard InChI is InChI=1S/C23H27ClN4O3/c1-4-28-19-12-16(30-2)7-6-15(19)11-20(28)18-13-22(27-26-18)25-23(29)10-14-5-8-21(31-3)17(24)9-14/h5-9,11-12,18,22,26-27H,4,10,13H2,1-3H3,(H,25,29). The molecule has 0 radical (unpaired) electrons. The van der Waals surface area contributed by atoms with Crippen LogP contribution in [0.5, 0.6) is 11.5 Å². The molecule has 1 aromatic heterocycles. The zero-order chi connectivity index (χ0) is 22.0. The average molecular weight is 443 g/mol. The lowest BCUT2D eigenvalue weighted by Crippen LogP contribution is -2.44. The third kappa shape index (κ3) is 4.49. The first-order valence-corrected chi connectivity index (χ1v) is 10.7. The molecule has 0 saturated carbocycles. The molecular weight excluding hydrogens is 416 g/mol. The minimum atomic E-state index is -0.163. The van der Waals surface area contributed by atoms with Crippen LogP contribution in [0, 0.1) is 0 Å². The number of halogens is 1. The molecule has 1 aliphatic rings. The molecule has 1 aliphatic heterocycles. The number of carbonyl (C=O) groups excluding carboxylic acids is 1. The van der Waals surface area contributed by atoms with Gasteiger partial charge in [-0.1, -0.05) is 17.7 Å². The van der Waals surface area contributed by atoms with Crippen LogP contribution in [-0.2, 0) is 17.8 Å². The van der Waals surface area contributed by atoms with Gasteiger partial charge < -0.3 is 19.4 Å². The van der Waals surface area contributed by atoms with E-state index in [-0.39, 0.29) is 24.5 Å². The molecule has 1 fully saturated rings. The maximum absolute atomic E-state index is 12.5. The lowest BCUT2D eigenvalue weighted by atomic mass is 10.1. The van der Waals surface area contributed by atoms with Gasteiger partial charge in [-0.05, 0) is 42.8 Å². The van der Waals surface area contributed by atoms with Gasteiger partial charge >= 0.3 is 0 Å². The lowest BCUT2D eigenvalue weighted by molar-refractivity contribution is -0.121. The van der Waals surface area contributed by atoms with Crippen LogP contribution in [0.2, 0.25) is 5.02 Å². The molecule has 2 unspecified atom stereocenters. The van der Waals surface area contributed by atoms with E-state index >= 15 is 0 Å². The fourth-order valence-electron chi connectivity index (χ4n) is 4.12. The van der Waals surface area contributed by atoms with Crippen molar-refractivity contribution in [1.82, 2.24) is 20.7 Å². The fourth-order valence-corrected chi connectivity index (χ4v) is 4.40. The number of nitrogens with one attached hydrogen (secondary N) is 3. The zero-order valence-corrected chi connectivity index (χ0v) is 18.6. The van der Waals surface area contributed by atoms with E-state index in [4.69, 9.17) is 21.1 Å². The number of benzene rings is 2. The summed E-state index contributed by atoms with van der Waals surface area (Å²) in [6.07, 6.45) is 0.827. The Morgan fingerprint density at radius 1 is 1.16 bits per heavy atom. The second-order valence-corrected chi connectivity index (χ2v) is 7.99. The molecule has 0 bridgehead atoms. The number of hydrogen-bond donors (Lipinski definition) is 3. The summed E-state index contributed by atoms with van der Waals surface area (Å²) in [4.78, 5) is 12.5. The number of methoxy groups -OCH3 is 2. The van der Waals surface area contributed by atoms with Crippen LogP contribution in [-0.4, -0.2) is 30.9 Å². The van der Waals surface area contributed by atoms with Crippen LogP contribution in [0.4, 0.5) is 0 Å². The summed E-state index contributed by atoms with van der Waals surface area (Å²) >= 11 is 6.16. The van der Waals surface area contributed by atoms with Crippen molar-refractivity contribution in [2.45, 2.75) is 38.5 Å². The van der Waals surface area contributed by atoms with Gasteiger partial charge in [0.15, 0.2) is 0 Å². The summed E-state index contributed by atoms with van der Waals surface area (Å²) in [5.74, 6) is 1.37. The van der Waals surface area contributed by atoms with E-state index in [1.807, 2.05) is 12.1 Å². The van der Waals surface area contributed by atoms with Crippen molar-refractivity contribution in [2.75, 3.05) is 14.2 Å². The molecule has 0 aliphatic carbocycles. The molecule has 2 aromatic carbocycles. The van der Waals surface area contributed by atoms with E-state index in [9.17, 15) is 4.79 Å². The highest BCUT2D eigenvalue weighted by Crippen LogP contribution is 2.31. The largest absolute Gasteiger partial charge is 0.497 e. The highest BCUT2D eigenvalue weighted by Gasteiger charge is 2.28. The van der Waals surface area contributed by atoms with E-state index in [0.29, 0.717) is 10.8 Å². The first-order valence-electron chi connectivity index (χ1n) is 10.3. The summed E-state index contributed by atoms with van der Waals surface area (Å²) in [7, 11) is 3.24. The summed E-state index contributed by atoms with van der Waals surface area (Å²) in [5, 5.41) is 4.72. The van der Waals surface area contributed by atoms with Crippen molar-refractivity contribution in [3.05, 3.63) is 58.7 Å². The summed E-state index contributed by atoms with van der Waals surface area (Å²) in [5.41, 5.74) is 9.69. The number of carbonyl (C=O) groups is 1. The monoisotopic (exact) mass is 442 g/mol. The Morgan fingerprint density at radius 3 is 2.71 bits per heavy atom. The maximum Gasteiger partial charge on any atom is 0.225 e. The number of aryl methyl sites for hydroxylation is 1. The van der Waals surface area contributed by atoms with Gasteiger partial charge in [0.2, 0.25) is 5.91 Å². The summed E-state index contributed by atoms with van der Waals surface area (Å²) in [6.45, 7) is 2.98. The van der Waals surface area contributed by atoms with Crippen molar-refractivity contribution in [1.29, 1.82) is 0 Å². The molecule has 2 heterocycles. The highest BCUT2D eigenvalue weighted by molar-refractivity contribution is 6.32. The topological polar surface area (TPSA) is 76.6 Å². The van der Waals surface area contributed by atoms with Crippen molar-refractivity contribution in [3.8, 4) is 11.5 Å². The Morgan fingerprint density at radius 2 is 2.00 bits per heavy atom. The maximum atomic E-state index is 12.5. The molecule has 3 N–H and O–H groups in total. The van der Waals surface area contributed by atoms with Gasteiger partial charge in [-0.3, -0.25) is 4.79 Å². The Balaban J connectivity index is 1.42. The van der Waals surface area contributed by atoms with Crippen LogP contribution in [0.1, 0.15) is 30.6 Å². The van der Waals surface area contributed by atoms with Gasteiger partial charge in [-0.25, -0.2) is 10.9 Å². The Kier molecular flexibility index (Phi) is 6.36. The van der Waals surface area contributed by atoms with Crippen LogP contribution >= 0.6 is 11.6 Å². The predicted octanol–water partition coefficient (Wildman–Crippen LogP) is 3.56. The van der Waals surface area contributed by atoms with Crippen molar-refractivity contribution >= 4 is 28.4 Å². The predicted molar refractivity (Wildman–Crippen MR) is 121 cm³/mol. The summed E-state index contributed by atoms with van der Waals surface area (Å²) < 4.78 is 12.8. The number of fused-ring (bicyclic) bond motifs is 1. The van der Waals surface area contributed by atoms with Crippen LogP contribution in [0.25, 0.3) is 10.9 Å². The number of aromatic nitrogens is 1. The van der Waals surface area contributed by atoms with E-state index < -0.39 is 0 Å². The van der Waals surface area contributed by atoms with Crippen molar-refractivity contribution in [2.24, 2.45) is 0 Å². The third-order valence-corrected chi connectivity index (χ3v) is 5.93. The molecule has 164 valence electrons. The molecule has 4 rings (SSSR count). The fraction of sp³-hybridized carbons (Fsp3) is 0.348. The number of ether oxygens (including phenoxy) is 2. The molecule has 31 heavy (non-hydrogen) atoms. The first kappa shape index (κ1) is 21.5. The van der Waals surface area contributed by atoms with E-state index in [2.05, 4.69) is 45.9 Å². The molecule has 7 nitrogen and oxygen atoms in total. The zero-order valence-electron chi connectivity index (χ0n) is 17.9. The quantitative estimate of drug-likeness (QED) is 0.521. The lowest BCUT2D eigenvalue weighted by Gasteiger charge is -2.14. The SMILES string of the molecule is CCn1c(C2CC(NC(=O)Cc3ccc(OC)c(Cl)c3)NN2)cc2ccc(OC)cc21. The Hall–Kier alpha value is -2.74. The molecule has 8 heteroatoms. The first-order chi connectivity index (χ1) is 15.0. The smallest absolute Gasteiger partial charge is 0.225 e. The Labute approximate surface area is 186 Å². The molecule has 0 spiro atoms. The van der Waals surface area contributed by atoms with Gasteiger partial charge in [0.1, 0.15) is 11.5 Å². The minimum absolute atomic E-state index is 0.0676. The number of nitrogens with zero attached hydrogens (tertiary/aromatic N) is 1. The number of hydrogen-bond acceptors (Lipinski definition) is 5. The second-order valence-electron chi connectivity index (χ2n) is 7.58. The van der Waals surface area contributed by atoms with Gasteiger partial charge in [-0.2, -0.15) is 0 Å². The number of amides is 1. The molecular formula is C23H27ClN4O3. The minimum Gasteiger partial charge on any atom is -0.497 e. The van der Waals surface area contributed by atoms with Crippen LogP contribution in [0.15, 0.2) is 42.5 Å². The molecule has 1 amide bonds. The van der Waals surface area contributed by atoms with Crippen molar-refractivity contribution < 1.29 is 14.3 Å².